The second kappa shape index (κ2) is 7.33. The molecule has 2 heteroatoms. The first-order valence-corrected chi connectivity index (χ1v) is 6.65. The molecule has 0 amide bonds. The molecule has 96 valence electrons. The third kappa shape index (κ3) is 4.39. The highest BCUT2D eigenvalue weighted by molar-refractivity contribution is 5.37. The third-order valence-corrected chi connectivity index (χ3v) is 3.06. The van der Waals surface area contributed by atoms with Crippen molar-refractivity contribution in [2.24, 2.45) is 11.7 Å². The fraction of sp³-hybridized carbons (Fsp3) is 0.600. The van der Waals surface area contributed by atoms with Gasteiger partial charge in [-0.05, 0) is 55.8 Å². The van der Waals surface area contributed by atoms with E-state index in [2.05, 4.69) is 32.0 Å². The van der Waals surface area contributed by atoms with Gasteiger partial charge in [0.05, 0.1) is 6.61 Å². The van der Waals surface area contributed by atoms with Crippen LogP contribution in [0.5, 0.6) is 5.75 Å². The van der Waals surface area contributed by atoms with Crippen LogP contribution in [0.3, 0.4) is 0 Å². The van der Waals surface area contributed by atoms with Gasteiger partial charge in [-0.1, -0.05) is 26.0 Å². The number of rotatable bonds is 7. The Balaban J connectivity index is 2.84. The standard InChI is InChI=1S/C15H25NO/c1-4-13-6-7-15(17-5-2)14(11-13)10-12(3)8-9-16/h6-7,11-12H,4-5,8-10,16H2,1-3H3. The van der Waals surface area contributed by atoms with Gasteiger partial charge in [0.2, 0.25) is 0 Å². The molecule has 1 rings (SSSR count). The molecule has 1 aromatic carbocycles. The average Bonchev–Trinajstić information content (AvgIpc) is 2.32. The summed E-state index contributed by atoms with van der Waals surface area (Å²) in [7, 11) is 0. The van der Waals surface area contributed by atoms with E-state index in [1.807, 2.05) is 6.92 Å². The minimum absolute atomic E-state index is 0.617. The highest BCUT2D eigenvalue weighted by Crippen LogP contribution is 2.24. The Morgan fingerprint density at radius 3 is 2.65 bits per heavy atom. The van der Waals surface area contributed by atoms with Crippen molar-refractivity contribution in [3.8, 4) is 5.75 Å². The first-order valence-electron chi connectivity index (χ1n) is 6.65. The highest BCUT2D eigenvalue weighted by atomic mass is 16.5. The van der Waals surface area contributed by atoms with Gasteiger partial charge in [0, 0.05) is 0 Å². The summed E-state index contributed by atoms with van der Waals surface area (Å²) in [4.78, 5) is 0. The van der Waals surface area contributed by atoms with Gasteiger partial charge >= 0.3 is 0 Å². The van der Waals surface area contributed by atoms with E-state index in [1.165, 1.54) is 11.1 Å². The van der Waals surface area contributed by atoms with Crippen LogP contribution < -0.4 is 10.5 Å². The predicted molar refractivity (Wildman–Crippen MR) is 73.5 cm³/mol. The fourth-order valence-electron chi connectivity index (χ4n) is 2.07. The van der Waals surface area contributed by atoms with E-state index in [0.717, 1.165) is 38.2 Å². The molecule has 0 spiro atoms. The predicted octanol–water partition coefficient (Wildman–Crippen LogP) is 3.18. The Morgan fingerprint density at radius 2 is 2.06 bits per heavy atom. The molecule has 0 fully saturated rings. The van der Waals surface area contributed by atoms with Crippen LogP contribution in [0.1, 0.15) is 38.3 Å². The van der Waals surface area contributed by atoms with Gasteiger partial charge in [-0.3, -0.25) is 0 Å². The van der Waals surface area contributed by atoms with E-state index in [-0.39, 0.29) is 0 Å². The van der Waals surface area contributed by atoms with E-state index >= 15 is 0 Å². The zero-order valence-electron chi connectivity index (χ0n) is 11.3. The summed E-state index contributed by atoms with van der Waals surface area (Å²) in [5.41, 5.74) is 8.31. The first-order chi connectivity index (χ1) is 8.21. The molecule has 1 aromatic rings. The zero-order chi connectivity index (χ0) is 12.7. The van der Waals surface area contributed by atoms with Crippen LogP contribution in [0.2, 0.25) is 0 Å². The highest BCUT2D eigenvalue weighted by Gasteiger charge is 2.09. The smallest absolute Gasteiger partial charge is 0.122 e. The molecular formula is C15H25NO. The minimum atomic E-state index is 0.617. The first kappa shape index (κ1) is 14.0. The lowest BCUT2D eigenvalue weighted by Gasteiger charge is -2.15. The van der Waals surface area contributed by atoms with Crippen molar-refractivity contribution < 1.29 is 4.74 Å². The number of ether oxygens (including phenoxy) is 1. The van der Waals surface area contributed by atoms with Crippen LogP contribution in [-0.2, 0) is 12.8 Å². The Kier molecular flexibility index (Phi) is 6.06. The lowest BCUT2D eigenvalue weighted by molar-refractivity contribution is 0.334. The number of benzene rings is 1. The van der Waals surface area contributed by atoms with Crippen molar-refractivity contribution in [2.75, 3.05) is 13.2 Å². The summed E-state index contributed by atoms with van der Waals surface area (Å²) in [5, 5.41) is 0. The molecule has 0 saturated carbocycles. The summed E-state index contributed by atoms with van der Waals surface area (Å²) >= 11 is 0. The second-order valence-corrected chi connectivity index (χ2v) is 4.62. The second-order valence-electron chi connectivity index (χ2n) is 4.62. The SMILES string of the molecule is CCOc1ccc(CC)cc1CC(C)CCN. The van der Waals surface area contributed by atoms with Crippen LogP contribution in [0.15, 0.2) is 18.2 Å². The molecule has 0 aliphatic heterocycles. The number of aryl methyl sites for hydroxylation is 1. The van der Waals surface area contributed by atoms with Gasteiger partial charge in [-0.2, -0.15) is 0 Å². The van der Waals surface area contributed by atoms with Gasteiger partial charge in [-0.15, -0.1) is 0 Å². The van der Waals surface area contributed by atoms with E-state index in [4.69, 9.17) is 10.5 Å². The molecule has 0 radical (unpaired) electrons. The van der Waals surface area contributed by atoms with Crippen molar-refractivity contribution in [3.05, 3.63) is 29.3 Å². The maximum atomic E-state index is 5.68. The molecule has 1 unspecified atom stereocenters. The molecule has 0 bridgehead atoms. The quantitative estimate of drug-likeness (QED) is 0.788. The van der Waals surface area contributed by atoms with E-state index in [1.54, 1.807) is 0 Å². The molecule has 1 atom stereocenters. The van der Waals surface area contributed by atoms with Crippen LogP contribution in [-0.4, -0.2) is 13.2 Å². The normalized spacial score (nSPS) is 12.5. The van der Waals surface area contributed by atoms with Crippen LogP contribution in [0.4, 0.5) is 0 Å². The van der Waals surface area contributed by atoms with E-state index < -0.39 is 0 Å². The van der Waals surface area contributed by atoms with E-state index in [9.17, 15) is 0 Å². The Labute approximate surface area is 105 Å². The Hall–Kier alpha value is -1.02. The number of nitrogens with two attached hydrogens (primary N) is 1. The molecule has 0 aliphatic carbocycles. The maximum Gasteiger partial charge on any atom is 0.122 e. The molecule has 0 aliphatic rings. The van der Waals surface area contributed by atoms with Gasteiger partial charge in [0.15, 0.2) is 0 Å². The average molecular weight is 235 g/mol. The number of hydrogen-bond acceptors (Lipinski definition) is 2. The molecule has 2 N–H and O–H groups in total. The summed E-state index contributed by atoms with van der Waals surface area (Å²) < 4.78 is 5.68. The maximum absolute atomic E-state index is 5.68. The van der Waals surface area contributed by atoms with Gasteiger partial charge < -0.3 is 10.5 Å². The van der Waals surface area contributed by atoms with Crippen molar-refractivity contribution in [1.82, 2.24) is 0 Å². The third-order valence-electron chi connectivity index (χ3n) is 3.06. The lowest BCUT2D eigenvalue weighted by Crippen LogP contribution is -2.09. The number of hydrogen-bond donors (Lipinski definition) is 1. The summed E-state index contributed by atoms with van der Waals surface area (Å²) in [5.74, 6) is 1.65. The molecule has 2 nitrogen and oxygen atoms in total. The van der Waals surface area contributed by atoms with Crippen LogP contribution in [0, 0.1) is 5.92 Å². The van der Waals surface area contributed by atoms with Crippen molar-refractivity contribution in [3.63, 3.8) is 0 Å². The summed E-state index contributed by atoms with van der Waals surface area (Å²) in [6, 6.07) is 6.53. The monoisotopic (exact) mass is 235 g/mol. The van der Waals surface area contributed by atoms with Gasteiger partial charge in [0.25, 0.3) is 0 Å². The molecule has 0 saturated heterocycles. The largest absolute Gasteiger partial charge is 0.494 e. The molecule has 0 aromatic heterocycles. The lowest BCUT2D eigenvalue weighted by atomic mass is 9.95. The molecule has 0 heterocycles. The van der Waals surface area contributed by atoms with Crippen molar-refractivity contribution in [2.45, 2.75) is 40.0 Å². The fourth-order valence-corrected chi connectivity index (χ4v) is 2.07. The topological polar surface area (TPSA) is 35.2 Å². The minimum Gasteiger partial charge on any atom is -0.494 e. The van der Waals surface area contributed by atoms with Crippen LogP contribution >= 0.6 is 0 Å². The zero-order valence-corrected chi connectivity index (χ0v) is 11.3. The van der Waals surface area contributed by atoms with Crippen molar-refractivity contribution >= 4 is 0 Å². The molecular weight excluding hydrogens is 210 g/mol. The van der Waals surface area contributed by atoms with Gasteiger partial charge in [-0.25, -0.2) is 0 Å². The summed E-state index contributed by atoms with van der Waals surface area (Å²) in [6.07, 6.45) is 3.20. The Bertz CT molecular complexity index is 336. The van der Waals surface area contributed by atoms with Crippen LogP contribution in [0.25, 0.3) is 0 Å². The Morgan fingerprint density at radius 1 is 1.29 bits per heavy atom. The van der Waals surface area contributed by atoms with Crippen molar-refractivity contribution in [1.29, 1.82) is 0 Å². The molecule has 17 heavy (non-hydrogen) atoms. The summed E-state index contributed by atoms with van der Waals surface area (Å²) in [6.45, 7) is 7.95. The van der Waals surface area contributed by atoms with Gasteiger partial charge in [0.1, 0.15) is 5.75 Å². The van der Waals surface area contributed by atoms with E-state index in [0.29, 0.717) is 5.92 Å².